The highest BCUT2D eigenvalue weighted by atomic mass is 16.6. The minimum atomic E-state index is 0.375. The Kier molecular flexibility index (Phi) is 5.35. The molecule has 2 aromatic heterocycles. The number of fused-ring (bicyclic) bond motifs is 1. The second-order valence-electron chi connectivity index (χ2n) is 7.75. The number of methoxy groups -OCH3 is 1. The minimum absolute atomic E-state index is 0.375. The Hall–Kier alpha value is -3.68. The SMILES string of the molecule is COc1ccccc1Nc1nc2nonc2nc1N1CCC(Cc2ccccc2)CC1. The molecule has 0 amide bonds. The predicted molar refractivity (Wildman–Crippen MR) is 119 cm³/mol. The van der Waals surface area contributed by atoms with Crippen molar-refractivity contribution in [3.8, 4) is 5.75 Å². The van der Waals surface area contributed by atoms with Gasteiger partial charge in [0.2, 0.25) is 11.3 Å². The molecule has 0 radical (unpaired) electrons. The van der Waals surface area contributed by atoms with Crippen molar-refractivity contribution >= 4 is 28.6 Å². The van der Waals surface area contributed by atoms with Crippen LogP contribution in [-0.4, -0.2) is 40.5 Å². The van der Waals surface area contributed by atoms with Gasteiger partial charge in [0.25, 0.3) is 0 Å². The van der Waals surface area contributed by atoms with Gasteiger partial charge >= 0.3 is 0 Å². The number of hydrogen-bond donors (Lipinski definition) is 1. The molecular formula is C23H24N6O2. The largest absolute Gasteiger partial charge is 0.495 e. The van der Waals surface area contributed by atoms with Gasteiger partial charge in [0.15, 0.2) is 11.6 Å². The van der Waals surface area contributed by atoms with Gasteiger partial charge in [-0.1, -0.05) is 42.5 Å². The Morgan fingerprint density at radius 2 is 1.68 bits per heavy atom. The normalized spacial score (nSPS) is 14.7. The smallest absolute Gasteiger partial charge is 0.245 e. The molecule has 8 nitrogen and oxygen atoms in total. The molecule has 1 N–H and O–H groups in total. The van der Waals surface area contributed by atoms with E-state index in [1.165, 1.54) is 5.56 Å². The molecule has 8 heteroatoms. The highest BCUT2D eigenvalue weighted by molar-refractivity contribution is 5.78. The Morgan fingerprint density at radius 1 is 0.968 bits per heavy atom. The number of aromatic nitrogens is 4. The Balaban J connectivity index is 1.38. The average molecular weight is 416 g/mol. The summed E-state index contributed by atoms with van der Waals surface area (Å²) >= 11 is 0. The van der Waals surface area contributed by atoms with Gasteiger partial charge < -0.3 is 15.0 Å². The van der Waals surface area contributed by atoms with Crippen molar-refractivity contribution in [2.24, 2.45) is 5.92 Å². The summed E-state index contributed by atoms with van der Waals surface area (Å²) < 4.78 is 10.3. The summed E-state index contributed by atoms with van der Waals surface area (Å²) in [7, 11) is 1.65. The van der Waals surface area contributed by atoms with Crippen molar-refractivity contribution in [1.29, 1.82) is 0 Å². The van der Waals surface area contributed by atoms with Crippen LogP contribution in [0.2, 0.25) is 0 Å². The summed E-state index contributed by atoms with van der Waals surface area (Å²) in [6.45, 7) is 1.81. The Bertz CT molecular complexity index is 1160. The second-order valence-corrected chi connectivity index (χ2v) is 7.75. The van der Waals surface area contributed by atoms with E-state index in [-0.39, 0.29) is 0 Å². The topological polar surface area (TPSA) is 89.2 Å². The zero-order valence-electron chi connectivity index (χ0n) is 17.4. The second kappa shape index (κ2) is 8.59. The van der Waals surface area contributed by atoms with Crippen molar-refractivity contribution in [3.63, 3.8) is 0 Å². The van der Waals surface area contributed by atoms with Crippen LogP contribution in [-0.2, 0) is 6.42 Å². The van der Waals surface area contributed by atoms with Crippen molar-refractivity contribution in [1.82, 2.24) is 20.3 Å². The van der Waals surface area contributed by atoms with E-state index in [0.29, 0.717) is 23.0 Å². The Morgan fingerprint density at radius 3 is 2.45 bits per heavy atom. The molecule has 4 aromatic rings. The molecule has 0 unspecified atom stereocenters. The van der Waals surface area contributed by atoms with E-state index in [0.717, 1.165) is 49.6 Å². The van der Waals surface area contributed by atoms with E-state index in [9.17, 15) is 0 Å². The summed E-state index contributed by atoms with van der Waals surface area (Å²) in [5, 5.41) is 11.1. The third kappa shape index (κ3) is 4.14. The molecule has 0 atom stereocenters. The fraction of sp³-hybridized carbons (Fsp3) is 0.304. The first-order valence-electron chi connectivity index (χ1n) is 10.5. The van der Waals surface area contributed by atoms with E-state index in [1.54, 1.807) is 7.11 Å². The fourth-order valence-electron chi connectivity index (χ4n) is 4.11. The molecule has 158 valence electrons. The van der Waals surface area contributed by atoms with Gasteiger partial charge in [-0.3, -0.25) is 0 Å². The monoisotopic (exact) mass is 416 g/mol. The summed E-state index contributed by atoms with van der Waals surface area (Å²) in [6, 6.07) is 18.4. The molecule has 1 aliphatic heterocycles. The number of para-hydroxylation sites is 2. The first-order chi connectivity index (χ1) is 15.3. The van der Waals surface area contributed by atoms with Gasteiger partial charge in [-0.15, -0.1) is 0 Å². The summed E-state index contributed by atoms with van der Waals surface area (Å²) in [6.07, 6.45) is 3.30. The van der Waals surface area contributed by atoms with Crippen LogP contribution >= 0.6 is 0 Å². The lowest BCUT2D eigenvalue weighted by Crippen LogP contribution is -2.35. The van der Waals surface area contributed by atoms with Crippen molar-refractivity contribution in [2.45, 2.75) is 19.3 Å². The van der Waals surface area contributed by atoms with E-state index < -0.39 is 0 Å². The molecule has 0 saturated carbocycles. The molecule has 3 heterocycles. The van der Waals surface area contributed by atoms with Gasteiger partial charge in [-0.05, 0) is 53.2 Å². The van der Waals surface area contributed by atoms with Crippen molar-refractivity contribution in [2.75, 3.05) is 30.4 Å². The van der Waals surface area contributed by atoms with Gasteiger partial charge in [0, 0.05) is 13.1 Å². The lowest BCUT2D eigenvalue weighted by Gasteiger charge is -2.33. The van der Waals surface area contributed by atoms with E-state index >= 15 is 0 Å². The summed E-state index contributed by atoms with van der Waals surface area (Å²) in [4.78, 5) is 11.6. The number of piperidine rings is 1. The van der Waals surface area contributed by atoms with Crippen molar-refractivity contribution in [3.05, 3.63) is 60.2 Å². The van der Waals surface area contributed by atoms with Crippen LogP contribution < -0.4 is 15.0 Å². The molecule has 0 spiro atoms. The van der Waals surface area contributed by atoms with Crippen LogP contribution in [0.4, 0.5) is 17.3 Å². The maximum absolute atomic E-state index is 5.48. The van der Waals surface area contributed by atoms with Crippen LogP contribution in [0, 0.1) is 5.92 Å². The van der Waals surface area contributed by atoms with Crippen molar-refractivity contribution < 1.29 is 9.37 Å². The number of rotatable bonds is 6. The first kappa shape index (κ1) is 19.3. The van der Waals surface area contributed by atoms with Gasteiger partial charge in [-0.25, -0.2) is 14.6 Å². The number of nitrogens with zero attached hydrogens (tertiary/aromatic N) is 5. The van der Waals surface area contributed by atoms with Gasteiger partial charge in [0.05, 0.1) is 12.8 Å². The van der Waals surface area contributed by atoms with Crippen LogP contribution in [0.3, 0.4) is 0 Å². The third-order valence-electron chi connectivity index (χ3n) is 5.74. The molecule has 0 aliphatic carbocycles. The third-order valence-corrected chi connectivity index (χ3v) is 5.74. The lowest BCUT2D eigenvalue weighted by atomic mass is 9.90. The van der Waals surface area contributed by atoms with Crippen LogP contribution in [0.5, 0.6) is 5.75 Å². The summed E-state index contributed by atoms with van der Waals surface area (Å²) in [5.41, 5.74) is 3.00. The van der Waals surface area contributed by atoms with Gasteiger partial charge in [0.1, 0.15) is 5.75 Å². The zero-order chi connectivity index (χ0) is 21.0. The van der Waals surface area contributed by atoms with Gasteiger partial charge in [-0.2, -0.15) is 0 Å². The van der Waals surface area contributed by atoms with Crippen LogP contribution in [0.1, 0.15) is 18.4 Å². The summed E-state index contributed by atoms with van der Waals surface area (Å²) in [5.74, 6) is 2.77. The zero-order valence-corrected chi connectivity index (χ0v) is 17.4. The first-order valence-corrected chi connectivity index (χ1v) is 10.5. The Labute approximate surface area is 180 Å². The number of nitrogens with one attached hydrogen (secondary N) is 1. The van der Waals surface area contributed by atoms with E-state index in [4.69, 9.17) is 14.3 Å². The number of ether oxygens (including phenoxy) is 1. The lowest BCUT2D eigenvalue weighted by molar-refractivity contribution is 0.314. The average Bonchev–Trinajstić information content (AvgIpc) is 3.28. The predicted octanol–water partition coefficient (Wildman–Crippen LogP) is 4.22. The number of hydrogen-bond acceptors (Lipinski definition) is 8. The number of anilines is 3. The minimum Gasteiger partial charge on any atom is -0.495 e. The van der Waals surface area contributed by atoms with Crippen LogP contribution in [0.15, 0.2) is 59.2 Å². The molecule has 0 bridgehead atoms. The molecule has 1 saturated heterocycles. The van der Waals surface area contributed by atoms with Crippen LogP contribution in [0.25, 0.3) is 11.3 Å². The molecule has 5 rings (SSSR count). The highest BCUT2D eigenvalue weighted by Gasteiger charge is 2.25. The highest BCUT2D eigenvalue weighted by Crippen LogP contribution is 2.33. The van der Waals surface area contributed by atoms with E-state index in [1.807, 2.05) is 24.3 Å². The van der Waals surface area contributed by atoms with E-state index in [2.05, 4.69) is 55.8 Å². The molecule has 1 aliphatic rings. The standard InChI is InChI=1S/C23H24N6O2/c1-30-19-10-6-5-9-18(19)24-22-23(26-21-20(25-22)27-31-28-21)29-13-11-17(12-14-29)15-16-7-3-2-4-8-16/h2-10,17H,11-15H2,1H3,(H,24,25,27). The maximum atomic E-state index is 5.48. The quantitative estimate of drug-likeness (QED) is 0.500. The fourth-order valence-corrected chi connectivity index (χ4v) is 4.11. The maximum Gasteiger partial charge on any atom is 0.245 e. The molecule has 31 heavy (non-hydrogen) atoms. The number of benzene rings is 2. The molecule has 1 fully saturated rings. The molecular weight excluding hydrogens is 392 g/mol. The molecule has 2 aromatic carbocycles.